The molecule has 0 aromatic heterocycles. The molecule has 0 heteroatoms. The van der Waals surface area contributed by atoms with E-state index >= 15 is 0 Å². The van der Waals surface area contributed by atoms with Crippen LogP contribution in [0.4, 0.5) is 0 Å². The first-order valence-electron chi connectivity index (χ1n) is 17.6. The average molecular weight is 581 g/mol. The summed E-state index contributed by atoms with van der Waals surface area (Å²) in [5, 5.41) is 0. The summed E-state index contributed by atoms with van der Waals surface area (Å²) in [5.41, 5.74) is 9.39. The number of allylic oxidation sites excluding steroid dienone is 3. The van der Waals surface area contributed by atoms with Crippen LogP contribution in [0.5, 0.6) is 0 Å². The van der Waals surface area contributed by atoms with Crippen molar-refractivity contribution in [2.75, 3.05) is 0 Å². The highest BCUT2D eigenvalue weighted by Crippen LogP contribution is 2.26. The Labute approximate surface area is 267 Å². The molecule has 0 radical (unpaired) electrons. The van der Waals surface area contributed by atoms with Gasteiger partial charge in [0.2, 0.25) is 0 Å². The summed E-state index contributed by atoms with van der Waals surface area (Å²) >= 11 is 0. The first kappa shape index (κ1) is 46.9. The van der Waals surface area contributed by atoms with Crippen LogP contribution in [0.1, 0.15) is 165 Å². The first-order chi connectivity index (χ1) is 20.1. The largest absolute Gasteiger partial charge is 0.0959 e. The zero-order valence-electron chi connectivity index (χ0n) is 31.5. The Bertz CT molecular complexity index is 859. The molecule has 0 N–H and O–H groups in total. The van der Waals surface area contributed by atoms with E-state index in [1.54, 1.807) is 0 Å². The molecular weight excluding hydrogens is 504 g/mol. The van der Waals surface area contributed by atoms with Gasteiger partial charge in [0.25, 0.3) is 0 Å². The van der Waals surface area contributed by atoms with E-state index in [-0.39, 0.29) is 0 Å². The summed E-state index contributed by atoms with van der Waals surface area (Å²) in [7, 11) is 0. The molecular formula is C42H76. The molecule has 0 atom stereocenters. The second-order valence-corrected chi connectivity index (χ2v) is 10.7. The van der Waals surface area contributed by atoms with Crippen molar-refractivity contribution in [1.29, 1.82) is 0 Å². The highest BCUT2D eigenvalue weighted by atomic mass is 14.1. The SMILES string of the molecule is C=C(C)/C(C)=C/C.CC.CC.CCCC(C)CCC.CCCCC.CCCc1cccc(-c2cc(CC)ccc2C)c1. The molecule has 2 aromatic rings. The zero-order valence-corrected chi connectivity index (χ0v) is 31.5. The van der Waals surface area contributed by atoms with Gasteiger partial charge < -0.3 is 0 Å². The van der Waals surface area contributed by atoms with Gasteiger partial charge >= 0.3 is 0 Å². The molecule has 2 aromatic carbocycles. The molecule has 0 spiro atoms. The standard InChI is InChI=1S/C18H22.C8H18.C7H12.C5H12.2C2H6/c1-4-7-16-8-6-9-17(12-16)18-13-15(5-2)11-10-14(18)3;1-4-6-8(3)7-5-2;1-5-7(4)6(2)3;1-3-5-4-2;2*1-2/h6,8-13H,4-5,7H2,1-3H3;8H,4-7H2,1-3H3;5H,2H2,1,3-4H3;3-5H2,1-2H3;2*1-2H3/b;;7-5+;;;. The van der Waals surface area contributed by atoms with Crippen LogP contribution in [0.2, 0.25) is 0 Å². The second-order valence-electron chi connectivity index (χ2n) is 10.7. The van der Waals surface area contributed by atoms with Crippen molar-refractivity contribution in [3.63, 3.8) is 0 Å². The van der Waals surface area contributed by atoms with E-state index in [9.17, 15) is 0 Å². The number of rotatable bonds is 11. The normalized spacial score (nSPS) is 9.76. The summed E-state index contributed by atoms with van der Waals surface area (Å²) < 4.78 is 0. The Balaban J connectivity index is -0.000000252. The predicted molar refractivity (Wildman–Crippen MR) is 201 cm³/mol. The Hall–Kier alpha value is -2.08. The maximum Gasteiger partial charge on any atom is -0.0152 e. The van der Waals surface area contributed by atoms with Crippen LogP contribution in [0, 0.1) is 12.8 Å². The molecule has 0 aliphatic carbocycles. The van der Waals surface area contributed by atoms with E-state index in [4.69, 9.17) is 0 Å². The zero-order chi connectivity index (χ0) is 33.3. The van der Waals surface area contributed by atoms with Crippen LogP contribution in [0.25, 0.3) is 11.1 Å². The van der Waals surface area contributed by atoms with Crippen LogP contribution in [-0.4, -0.2) is 0 Å². The third-order valence-corrected chi connectivity index (χ3v) is 6.86. The minimum absolute atomic E-state index is 0.963. The van der Waals surface area contributed by atoms with Crippen molar-refractivity contribution < 1.29 is 0 Å². The second kappa shape index (κ2) is 35.1. The molecule has 0 bridgehead atoms. The Morgan fingerprint density at radius 3 is 1.64 bits per heavy atom. The van der Waals surface area contributed by atoms with Crippen LogP contribution >= 0.6 is 0 Å². The molecule has 0 fully saturated rings. The lowest BCUT2D eigenvalue weighted by Gasteiger charge is -2.10. The lowest BCUT2D eigenvalue weighted by molar-refractivity contribution is 0.480. The molecule has 0 heterocycles. The molecule has 0 saturated heterocycles. The molecule has 0 aliphatic rings. The maximum absolute atomic E-state index is 3.76. The fraction of sp³-hybridized carbons (Fsp3) is 0.619. The lowest BCUT2D eigenvalue weighted by Crippen LogP contribution is -1.91. The van der Waals surface area contributed by atoms with E-state index in [0.717, 1.165) is 17.9 Å². The van der Waals surface area contributed by atoms with Crippen molar-refractivity contribution in [3.05, 3.63) is 83.0 Å². The van der Waals surface area contributed by atoms with Crippen molar-refractivity contribution in [2.24, 2.45) is 5.92 Å². The predicted octanol–water partition coefficient (Wildman–Crippen LogP) is 15.2. The first-order valence-corrected chi connectivity index (χ1v) is 17.6. The smallest absolute Gasteiger partial charge is 0.0152 e. The molecule has 0 nitrogen and oxygen atoms in total. The number of aryl methyl sites for hydroxylation is 3. The van der Waals surface area contributed by atoms with Crippen molar-refractivity contribution in [3.8, 4) is 11.1 Å². The van der Waals surface area contributed by atoms with Gasteiger partial charge in [0, 0.05) is 0 Å². The molecule has 42 heavy (non-hydrogen) atoms. The Morgan fingerprint density at radius 2 is 1.29 bits per heavy atom. The van der Waals surface area contributed by atoms with Crippen molar-refractivity contribution >= 4 is 0 Å². The topological polar surface area (TPSA) is 0 Å². The number of hydrogen-bond acceptors (Lipinski definition) is 0. The summed E-state index contributed by atoms with van der Waals surface area (Å²) in [4.78, 5) is 0. The number of benzene rings is 2. The van der Waals surface area contributed by atoms with E-state index in [1.165, 1.54) is 91.2 Å². The molecule has 0 saturated carbocycles. The van der Waals surface area contributed by atoms with Gasteiger partial charge in [-0.1, -0.05) is 194 Å². The van der Waals surface area contributed by atoms with Gasteiger partial charge in [-0.05, 0) is 74.3 Å². The molecule has 0 aliphatic heterocycles. The van der Waals surface area contributed by atoms with Crippen molar-refractivity contribution in [2.45, 2.75) is 168 Å². The Morgan fingerprint density at radius 1 is 0.738 bits per heavy atom. The van der Waals surface area contributed by atoms with Gasteiger partial charge in [0.05, 0.1) is 0 Å². The van der Waals surface area contributed by atoms with E-state index in [1.807, 2.05) is 41.5 Å². The van der Waals surface area contributed by atoms with E-state index in [2.05, 4.69) is 117 Å². The fourth-order valence-electron chi connectivity index (χ4n) is 4.11. The molecule has 2 rings (SSSR count). The van der Waals surface area contributed by atoms with Crippen LogP contribution in [0.3, 0.4) is 0 Å². The Kier molecular flexibility index (Phi) is 39.2. The van der Waals surface area contributed by atoms with Crippen LogP contribution < -0.4 is 0 Å². The number of unbranched alkanes of at least 4 members (excludes halogenated alkanes) is 2. The number of hydrogen-bond donors (Lipinski definition) is 0. The van der Waals surface area contributed by atoms with Gasteiger partial charge in [-0.15, -0.1) is 0 Å². The highest BCUT2D eigenvalue weighted by molar-refractivity contribution is 5.68. The summed E-state index contributed by atoms with van der Waals surface area (Å²) in [5.74, 6) is 0.963. The van der Waals surface area contributed by atoms with Gasteiger partial charge in [-0.25, -0.2) is 0 Å². The summed E-state index contributed by atoms with van der Waals surface area (Å²) in [6.07, 6.45) is 15.1. The highest BCUT2D eigenvalue weighted by Gasteiger charge is 2.04. The molecule has 244 valence electrons. The molecule has 0 amide bonds. The third-order valence-electron chi connectivity index (χ3n) is 6.86. The van der Waals surface area contributed by atoms with Gasteiger partial charge in [0.15, 0.2) is 0 Å². The van der Waals surface area contributed by atoms with Gasteiger partial charge in [0.1, 0.15) is 0 Å². The fourth-order valence-corrected chi connectivity index (χ4v) is 4.11. The van der Waals surface area contributed by atoms with E-state index in [0.29, 0.717) is 0 Å². The average Bonchev–Trinajstić information content (AvgIpc) is 3.01. The van der Waals surface area contributed by atoms with E-state index < -0.39 is 0 Å². The van der Waals surface area contributed by atoms with Gasteiger partial charge in [-0.3, -0.25) is 0 Å². The lowest BCUT2D eigenvalue weighted by atomic mass is 9.95. The molecule has 0 unspecified atom stereocenters. The maximum atomic E-state index is 3.76. The summed E-state index contributed by atoms with van der Waals surface area (Å²) in [6.45, 7) is 35.8. The summed E-state index contributed by atoms with van der Waals surface area (Å²) in [6, 6.07) is 15.8. The van der Waals surface area contributed by atoms with Crippen LogP contribution in [0.15, 0.2) is 66.3 Å². The quantitative estimate of drug-likeness (QED) is 0.232. The van der Waals surface area contributed by atoms with Crippen LogP contribution in [-0.2, 0) is 12.8 Å². The monoisotopic (exact) mass is 581 g/mol. The van der Waals surface area contributed by atoms with Crippen molar-refractivity contribution in [1.82, 2.24) is 0 Å². The minimum Gasteiger partial charge on any atom is -0.0959 e. The van der Waals surface area contributed by atoms with Gasteiger partial charge in [-0.2, -0.15) is 0 Å². The third kappa shape index (κ3) is 26.8. The minimum atomic E-state index is 0.963.